The molecule has 2 aliphatic heterocycles. The first-order valence-corrected chi connectivity index (χ1v) is 9.66. The number of nitrogens with zero attached hydrogens (tertiary/aromatic N) is 3. The van der Waals surface area contributed by atoms with Crippen LogP contribution in [0.5, 0.6) is 0 Å². The van der Waals surface area contributed by atoms with E-state index >= 15 is 0 Å². The predicted molar refractivity (Wildman–Crippen MR) is 96.1 cm³/mol. The Labute approximate surface area is 159 Å². The standard InChI is InChI=1S/C18H31F3N4O2/c1-4-23-9-11-25(12-10-23)17(2,3)13-22-15(26)14-5-7-24(8-6-14)16(27)18(19,20)21/h14H,4-13H2,1-3H3,(H,22,26). The lowest BCUT2D eigenvalue weighted by atomic mass is 9.94. The third kappa shape index (κ3) is 5.81. The van der Waals surface area contributed by atoms with Crippen LogP contribution in [-0.4, -0.2) is 90.6 Å². The van der Waals surface area contributed by atoms with Gasteiger partial charge in [0.2, 0.25) is 5.91 Å². The molecule has 0 aromatic carbocycles. The maximum atomic E-state index is 12.5. The molecule has 9 heteroatoms. The van der Waals surface area contributed by atoms with Crippen molar-refractivity contribution in [3.63, 3.8) is 0 Å². The molecule has 1 N–H and O–H groups in total. The molecule has 0 aromatic heterocycles. The molecule has 27 heavy (non-hydrogen) atoms. The van der Waals surface area contributed by atoms with E-state index < -0.39 is 12.1 Å². The fourth-order valence-electron chi connectivity index (χ4n) is 3.75. The number of likely N-dealkylation sites (N-methyl/N-ethyl adjacent to an activating group) is 1. The van der Waals surface area contributed by atoms with Crippen LogP contribution in [0.15, 0.2) is 0 Å². The van der Waals surface area contributed by atoms with Crippen molar-refractivity contribution < 1.29 is 22.8 Å². The van der Waals surface area contributed by atoms with Crippen LogP contribution in [0.25, 0.3) is 0 Å². The van der Waals surface area contributed by atoms with E-state index in [1.807, 2.05) is 0 Å². The zero-order valence-electron chi connectivity index (χ0n) is 16.4. The molecule has 156 valence electrons. The normalized spacial score (nSPS) is 21.3. The van der Waals surface area contributed by atoms with Gasteiger partial charge in [-0.25, -0.2) is 0 Å². The highest BCUT2D eigenvalue weighted by atomic mass is 19.4. The number of likely N-dealkylation sites (tertiary alicyclic amines) is 1. The molecule has 0 spiro atoms. The van der Waals surface area contributed by atoms with Crippen LogP contribution < -0.4 is 5.32 Å². The highest BCUT2D eigenvalue weighted by molar-refractivity contribution is 5.83. The zero-order valence-corrected chi connectivity index (χ0v) is 16.4. The molecule has 2 saturated heterocycles. The molecule has 2 amide bonds. The van der Waals surface area contributed by atoms with Crippen molar-refractivity contribution in [1.82, 2.24) is 20.0 Å². The summed E-state index contributed by atoms with van der Waals surface area (Å²) in [5.41, 5.74) is -0.178. The van der Waals surface area contributed by atoms with E-state index in [1.165, 1.54) is 0 Å². The van der Waals surface area contributed by atoms with Gasteiger partial charge in [-0.05, 0) is 33.2 Å². The lowest BCUT2D eigenvalue weighted by Crippen LogP contribution is -2.58. The van der Waals surface area contributed by atoms with E-state index in [9.17, 15) is 22.8 Å². The number of alkyl halides is 3. The maximum absolute atomic E-state index is 12.5. The largest absolute Gasteiger partial charge is 0.471 e. The van der Waals surface area contributed by atoms with E-state index in [2.05, 4.69) is 35.9 Å². The van der Waals surface area contributed by atoms with Crippen molar-refractivity contribution in [1.29, 1.82) is 0 Å². The van der Waals surface area contributed by atoms with Crippen LogP contribution >= 0.6 is 0 Å². The van der Waals surface area contributed by atoms with Gasteiger partial charge in [-0.1, -0.05) is 6.92 Å². The van der Waals surface area contributed by atoms with Crippen LogP contribution in [0.1, 0.15) is 33.6 Å². The van der Waals surface area contributed by atoms with E-state index in [1.54, 1.807) is 0 Å². The minimum atomic E-state index is -4.85. The average Bonchev–Trinajstić information content (AvgIpc) is 2.65. The summed E-state index contributed by atoms with van der Waals surface area (Å²) in [6.07, 6.45) is -4.31. The number of nitrogens with one attached hydrogen (secondary N) is 1. The molecule has 0 unspecified atom stereocenters. The number of hydrogen-bond acceptors (Lipinski definition) is 4. The Hall–Kier alpha value is -1.35. The van der Waals surface area contributed by atoms with Crippen molar-refractivity contribution in [3.8, 4) is 0 Å². The number of carbonyl (C=O) groups excluding carboxylic acids is 2. The van der Waals surface area contributed by atoms with Crippen LogP contribution in [0.4, 0.5) is 13.2 Å². The summed E-state index contributed by atoms with van der Waals surface area (Å²) in [5.74, 6) is -2.28. The van der Waals surface area contributed by atoms with Gasteiger partial charge in [-0.2, -0.15) is 13.2 Å². The first-order chi connectivity index (χ1) is 12.5. The van der Waals surface area contributed by atoms with Crippen molar-refractivity contribution in [2.24, 2.45) is 5.92 Å². The van der Waals surface area contributed by atoms with E-state index in [4.69, 9.17) is 0 Å². The van der Waals surface area contributed by atoms with E-state index in [-0.39, 0.29) is 43.3 Å². The molecule has 2 rings (SSSR count). The Morgan fingerprint density at radius 2 is 1.56 bits per heavy atom. The van der Waals surface area contributed by atoms with Gasteiger partial charge in [0.05, 0.1) is 0 Å². The summed E-state index contributed by atoms with van der Waals surface area (Å²) in [5, 5.41) is 2.97. The SMILES string of the molecule is CCN1CCN(C(C)(C)CNC(=O)C2CCN(C(=O)C(F)(F)F)CC2)CC1. The predicted octanol–water partition coefficient (Wildman–Crippen LogP) is 1.32. The molecule has 6 nitrogen and oxygen atoms in total. The number of piperazine rings is 1. The van der Waals surface area contributed by atoms with E-state index in [0.29, 0.717) is 6.54 Å². The monoisotopic (exact) mass is 392 g/mol. The summed E-state index contributed by atoms with van der Waals surface area (Å²) in [4.78, 5) is 29.2. The number of piperidine rings is 1. The Morgan fingerprint density at radius 3 is 2.04 bits per heavy atom. The summed E-state index contributed by atoms with van der Waals surface area (Å²) < 4.78 is 37.5. The maximum Gasteiger partial charge on any atom is 0.471 e. The quantitative estimate of drug-likeness (QED) is 0.767. The molecule has 0 aromatic rings. The molecule has 2 heterocycles. The topological polar surface area (TPSA) is 55.9 Å². The first kappa shape index (κ1) is 21.9. The summed E-state index contributed by atoms with van der Waals surface area (Å²) in [7, 11) is 0. The van der Waals surface area contributed by atoms with Crippen molar-refractivity contribution in [2.45, 2.75) is 45.3 Å². The van der Waals surface area contributed by atoms with Gasteiger partial charge in [0.15, 0.2) is 0 Å². The van der Waals surface area contributed by atoms with Crippen LogP contribution in [0.2, 0.25) is 0 Å². The van der Waals surface area contributed by atoms with Crippen molar-refractivity contribution in [2.75, 3.05) is 52.4 Å². The molecule has 0 atom stereocenters. The number of hydrogen-bond donors (Lipinski definition) is 1. The second-order valence-electron chi connectivity index (χ2n) is 8.02. The fraction of sp³-hybridized carbons (Fsp3) is 0.889. The molecule has 0 saturated carbocycles. The van der Waals surface area contributed by atoms with Crippen molar-refractivity contribution >= 4 is 11.8 Å². The number of amides is 2. The van der Waals surface area contributed by atoms with Gasteiger partial charge in [0.1, 0.15) is 0 Å². The Balaban J connectivity index is 1.77. The Kier molecular flexibility index (Phi) is 7.13. The molecule has 2 aliphatic rings. The Bertz CT molecular complexity index is 523. The number of carbonyl (C=O) groups is 2. The van der Waals surface area contributed by atoms with Gasteiger partial charge in [-0.3, -0.25) is 14.5 Å². The average molecular weight is 392 g/mol. The fourth-order valence-corrected chi connectivity index (χ4v) is 3.75. The summed E-state index contributed by atoms with van der Waals surface area (Å²) in [6.45, 7) is 11.8. The molecule has 0 aliphatic carbocycles. The summed E-state index contributed by atoms with van der Waals surface area (Å²) in [6, 6.07) is 0. The highest BCUT2D eigenvalue weighted by Crippen LogP contribution is 2.24. The lowest BCUT2D eigenvalue weighted by molar-refractivity contribution is -0.186. The van der Waals surface area contributed by atoms with Crippen LogP contribution in [0.3, 0.4) is 0 Å². The molecular weight excluding hydrogens is 361 g/mol. The second kappa shape index (κ2) is 8.77. The number of halogens is 3. The smallest absolute Gasteiger partial charge is 0.354 e. The Morgan fingerprint density at radius 1 is 1.00 bits per heavy atom. The lowest BCUT2D eigenvalue weighted by Gasteiger charge is -2.44. The van der Waals surface area contributed by atoms with Gasteiger partial charge in [0, 0.05) is 57.3 Å². The van der Waals surface area contributed by atoms with E-state index in [0.717, 1.165) is 37.6 Å². The second-order valence-corrected chi connectivity index (χ2v) is 8.02. The van der Waals surface area contributed by atoms with Crippen LogP contribution in [-0.2, 0) is 9.59 Å². The van der Waals surface area contributed by atoms with Gasteiger partial charge in [0.25, 0.3) is 0 Å². The van der Waals surface area contributed by atoms with Crippen molar-refractivity contribution in [3.05, 3.63) is 0 Å². The van der Waals surface area contributed by atoms with Crippen LogP contribution in [0, 0.1) is 5.92 Å². The zero-order chi connectivity index (χ0) is 20.2. The molecular formula is C18H31F3N4O2. The van der Waals surface area contributed by atoms with Gasteiger partial charge in [-0.15, -0.1) is 0 Å². The van der Waals surface area contributed by atoms with Gasteiger partial charge < -0.3 is 15.1 Å². The van der Waals surface area contributed by atoms with Gasteiger partial charge >= 0.3 is 12.1 Å². The number of rotatable bonds is 5. The minimum absolute atomic E-state index is 0.0290. The third-order valence-corrected chi connectivity index (χ3v) is 5.77. The molecule has 2 fully saturated rings. The molecule has 0 bridgehead atoms. The minimum Gasteiger partial charge on any atom is -0.354 e. The third-order valence-electron chi connectivity index (χ3n) is 5.77. The first-order valence-electron chi connectivity index (χ1n) is 9.66. The highest BCUT2D eigenvalue weighted by Gasteiger charge is 2.43. The molecule has 0 radical (unpaired) electrons. The summed E-state index contributed by atoms with van der Waals surface area (Å²) >= 11 is 0.